The second-order valence-corrected chi connectivity index (χ2v) is 7.16. The summed E-state index contributed by atoms with van der Waals surface area (Å²) in [7, 11) is 0. The van der Waals surface area contributed by atoms with Crippen LogP contribution in [0.1, 0.15) is 46.9 Å². The normalized spacial score (nSPS) is 17.4. The van der Waals surface area contributed by atoms with Crippen LogP contribution < -0.4 is 0 Å². The second-order valence-electron chi connectivity index (χ2n) is 7.16. The standard InChI is InChI=1S/C23H23N3O2/c27-23(28)20-6-2-1-5-19(20)18-10-8-17(9-11-18)16-26-14-4-3-7-22(26)21-15-24-12-13-25-21/h1-2,5-6,8-13,15,22H,3-4,7,14,16H2,(H,27,28)/t22-/m1/s1. The minimum absolute atomic E-state index is 0.301. The van der Waals surface area contributed by atoms with Gasteiger partial charge in [-0.25, -0.2) is 4.79 Å². The summed E-state index contributed by atoms with van der Waals surface area (Å²) in [6.45, 7) is 1.90. The Morgan fingerprint density at radius 3 is 2.64 bits per heavy atom. The van der Waals surface area contributed by atoms with Crippen molar-refractivity contribution in [1.82, 2.24) is 14.9 Å². The van der Waals surface area contributed by atoms with Gasteiger partial charge in [0.1, 0.15) is 0 Å². The largest absolute Gasteiger partial charge is 0.478 e. The Kier molecular flexibility index (Phi) is 5.44. The Labute approximate surface area is 164 Å². The molecule has 1 saturated heterocycles. The molecule has 1 atom stereocenters. The zero-order chi connectivity index (χ0) is 19.3. The molecule has 2 heterocycles. The van der Waals surface area contributed by atoms with Gasteiger partial charge in [0.2, 0.25) is 0 Å². The first-order valence-corrected chi connectivity index (χ1v) is 9.64. The van der Waals surface area contributed by atoms with Gasteiger partial charge in [-0.2, -0.15) is 0 Å². The van der Waals surface area contributed by atoms with Crippen LogP contribution >= 0.6 is 0 Å². The zero-order valence-electron chi connectivity index (χ0n) is 15.7. The van der Waals surface area contributed by atoms with Crippen molar-refractivity contribution in [2.24, 2.45) is 0 Å². The number of carboxylic acid groups (broad SMARTS) is 1. The Morgan fingerprint density at radius 1 is 1.07 bits per heavy atom. The predicted molar refractivity (Wildman–Crippen MR) is 108 cm³/mol. The van der Waals surface area contributed by atoms with Crippen molar-refractivity contribution >= 4 is 5.97 Å². The van der Waals surface area contributed by atoms with Crippen molar-refractivity contribution in [2.75, 3.05) is 6.54 Å². The van der Waals surface area contributed by atoms with Gasteiger partial charge in [-0.3, -0.25) is 14.9 Å². The van der Waals surface area contributed by atoms with Crippen LogP contribution in [-0.2, 0) is 6.54 Å². The molecule has 4 rings (SSSR count). The smallest absolute Gasteiger partial charge is 0.336 e. The van der Waals surface area contributed by atoms with Gasteiger partial charge in [0, 0.05) is 25.1 Å². The molecule has 1 N–H and O–H groups in total. The summed E-state index contributed by atoms with van der Waals surface area (Å²) < 4.78 is 0. The number of benzene rings is 2. The van der Waals surface area contributed by atoms with E-state index in [0.29, 0.717) is 11.6 Å². The fourth-order valence-corrected chi connectivity index (χ4v) is 3.94. The molecule has 3 aromatic rings. The number of hydrogen-bond donors (Lipinski definition) is 1. The second kappa shape index (κ2) is 8.31. The predicted octanol–water partition coefficient (Wildman–Crippen LogP) is 4.57. The van der Waals surface area contributed by atoms with Crippen LogP contribution in [0.3, 0.4) is 0 Å². The van der Waals surface area contributed by atoms with Crippen LogP contribution in [0.4, 0.5) is 0 Å². The van der Waals surface area contributed by atoms with Crippen molar-refractivity contribution in [2.45, 2.75) is 31.8 Å². The number of carbonyl (C=O) groups is 1. The quantitative estimate of drug-likeness (QED) is 0.710. The minimum atomic E-state index is -0.903. The third-order valence-corrected chi connectivity index (χ3v) is 5.35. The average molecular weight is 373 g/mol. The third kappa shape index (κ3) is 3.94. The number of carboxylic acids is 1. The number of aromatic nitrogens is 2. The monoisotopic (exact) mass is 373 g/mol. The molecule has 0 saturated carbocycles. The first-order valence-electron chi connectivity index (χ1n) is 9.64. The van der Waals surface area contributed by atoms with Crippen molar-refractivity contribution in [3.8, 4) is 11.1 Å². The van der Waals surface area contributed by atoms with E-state index < -0.39 is 5.97 Å². The summed E-state index contributed by atoms with van der Waals surface area (Å²) in [6.07, 6.45) is 8.85. The van der Waals surface area contributed by atoms with Gasteiger partial charge in [0.15, 0.2) is 0 Å². The molecular weight excluding hydrogens is 350 g/mol. The fourth-order valence-electron chi connectivity index (χ4n) is 3.94. The molecule has 1 fully saturated rings. The lowest BCUT2D eigenvalue weighted by atomic mass is 9.97. The Balaban J connectivity index is 1.54. The lowest BCUT2D eigenvalue weighted by Crippen LogP contribution is -2.33. The van der Waals surface area contributed by atoms with E-state index in [9.17, 15) is 9.90 Å². The molecule has 0 spiro atoms. The maximum Gasteiger partial charge on any atom is 0.336 e. The molecular formula is C23H23N3O2. The van der Waals surface area contributed by atoms with E-state index in [0.717, 1.165) is 36.3 Å². The van der Waals surface area contributed by atoms with Gasteiger partial charge in [0.05, 0.1) is 17.3 Å². The van der Waals surface area contributed by atoms with E-state index >= 15 is 0 Å². The molecule has 1 aliphatic rings. The van der Waals surface area contributed by atoms with E-state index in [1.54, 1.807) is 24.5 Å². The van der Waals surface area contributed by atoms with Crippen LogP contribution in [0.5, 0.6) is 0 Å². The summed E-state index contributed by atoms with van der Waals surface area (Å²) in [5.74, 6) is -0.903. The van der Waals surface area contributed by atoms with Gasteiger partial charge >= 0.3 is 5.97 Å². The van der Waals surface area contributed by atoms with Crippen LogP contribution in [0.15, 0.2) is 67.1 Å². The highest BCUT2D eigenvalue weighted by molar-refractivity contribution is 5.95. The van der Waals surface area contributed by atoms with Crippen LogP contribution in [-0.4, -0.2) is 32.5 Å². The molecule has 1 aromatic heterocycles. The molecule has 0 unspecified atom stereocenters. The third-order valence-electron chi connectivity index (χ3n) is 5.35. The lowest BCUT2D eigenvalue weighted by Gasteiger charge is -2.35. The van der Waals surface area contributed by atoms with Crippen LogP contribution in [0.2, 0.25) is 0 Å². The SMILES string of the molecule is O=C(O)c1ccccc1-c1ccc(CN2CCCC[C@@H]2c2cnccn2)cc1. The summed E-state index contributed by atoms with van der Waals surface area (Å²) in [4.78, 5) is 22.7. The highest BCUT2D eigenvalue weighted by Crippen LogP contribution is 2.31. The van der Waals surface area contributed by atoms with E-state index in [1.807, 2.05) is 30.5 Å². The number of rotatable bonds is 5. The lowest BCUT2D eigenvalue weighted by molar-refractivity contribution is 0.0697. The topological polar surface area (TPSA) is 66.3 Å². The number of nitrogens with zero attached hydrogens (tertiary/aromatic N) is 3. The zero-order valence-corrected chi connectivity index (χ0v) is 15.7. The molecule has 1 aliphatic heterocycles. The molecule has 0 bridgehead atoms. The van der Waals surface area contributed by atoms with Crippen molar-refractivity contribution in [1.29, 1.82) is 0 Å². The molecule has 5 nitrogen and oxygen atoms in total. The Hall–Kier alpha value is -3.05. The first-order chi connectivity index (χ1) is 13.7. The molecule has 28 heavy (non-hydrogen) atoms. The Morgan fingerprint density at radius 2 is 1.89 bits per heavy atom. The summed E-state index contributed by atoms with van der Waals surface area (Å²) in [6, 6.07) is 15.6. The highest BCUT2D eigenvalue weighted by Gasteiger charge is 2.25. The number of piperidine rings is 1. The van der Waals surface area contributed by atoms with Gasteiger partial charge in [-0.05, 0) is 42.1 Å². The number of hydrogen-bond acceptors (Lipinski definition) is 4. The van der Waals surface area contributed by atoms with Crippen LogP contribution in [0.25, 0.3) is 11.1 Å². The van der Waals surface area contributed by atoms with E-state index in [-0.39, 0.29) is 0 Å². The van der Waals surface area contributed by atoms with E-state index in [1.165, 1.54) is 18.4 Å². The molecule has 0 aliphatic carbocycles. The van der Waals surface area contributed by atoms with Crippen molar-refractivity contribution < 1.29 is 9.90 Å². The van der Waals surface area contributed by atoms with E-state index in [4.69, 9.17) is 0 Å². The Bertz CT molecular complexity index is 942. The van der Waals surface area contributed by atoms with Gasteiger partial charge in [-0.15, -0.1) is 0 Å². The maximum absolute atomic E-state index is 11.5. The van der Waals surface area contributed by atoms with Crippen molar-refractivity contribution in [3.05, 3.63) is 83.9 Å². The van der Waals surface area contributed by atoms with Crippen LogP contribution in [0, 0.1) is 0 Å². The number of aromatic carboxylic acids is 1. The van der Waals surface area contributed by atoms with Gasteiger partial charge in [-0.1, -0.05) is 48.9 Å². The van der Waals surface area contributed by atoms with Gasteiger partial charge < -0.3 is 5.11 Å². The molecule has 142 valence electrons. The summed E-state index contributed by atoms with van der Waals surface area (Å²) in [5, 5.41) is 9.42. The van der Waals surface area contributed by atoms with Gasteiger partial charge in [0.25, 0.3) is 0 Å². The average Bonchev–Trinajstić information content (AvgIpc) is 2.75. The first kappa shape index (κ1) is 18.3. The summed E-state index contributed by atoms with van der Waals surface area (Å²) in [5.41, 5.74) is 4.25. The highest BCUT2D eigenvalue weighted by atomic mass is 16.4. The van der Waals surface area contributed by atoms with E-state index in [2.05, 4.69) is 27.0 Å². The molecule has 2 aromatic carbocycles. The molecule has 0 amide bonds. The molecule has 0 radical (unpaired) electrons. The molecule has 5 heteroatoms. The fraction of sp³-hybridized carbons (Fsp3) is 0.261. The van der Waals surface area contributed by atoms with Crippen molar-refractivity contribution in [3.63, 3.8) is 0 Å². The summed E-state index contributed by atoms with van der Waals surface area (Å²) >= 11 is 0. The maximum atomic E-state index is 11.5. The minimum Gasteiger partial charge on any atom is -0.478 e. The number of likely N-dealkylation sites (tertiary alicyclic amines) is 1.